The highest BCUT2D eigenvalue weighted by atomic mass is 35.5. The van der Waals surface area contributed by atoms with E-state index in [1.165, 1.54) is 12.3 Å². The molecule has 1 amide bonds. The number of rotatable bonds is 1. The fraction of sp³-hybridized carbons (Fsp3) is 0.500. The van der Waals surface area contributed by atoms with Gasteiger partial charge in [0.15, 0.2) is 0 Å². The van der Waals surface area contributed by atoms with Gasteiger partial charge in [0, 0.05) is 23.6 Å². The van der Waals surface area contributed by atoms with E-state index in [2.05, 4.69) is 18.8 Å². The summed E-state index contributed by atoms with van der Waals surface area (Å²) in [6.45, 7) is 5.74. The molecule has 1 aliphatic rings. The van der Waals surface area contributed by atoms with Gasteiger partial charge in [-0.2, -0.15) is 11.8 Å². The van der Waals surface area contributed by atoms with Gasteiger partial charge in [0.05, 0.1) is 17.4 Å². The maximum atomic E-state index is 12.4. The van der Waals surface area contributed by atoms with Gasteiger partial charge >= 0.3 is 0 Å². The summed E-state index contributed by atoms with van der Waals surface area (Å²) in [4.78, 5) is 18.1. The van der Waals surface area contributed by atoms with Crippen molar-refractivity contribution >= 4 is 35.0 Å². The van der Waals surface area contributed by atoms with Gasteiger partial charge in [-0.15, -0.1) is 0 Å². The predicted octanol–water partition coefficient (Wildman–Crippen LogP) is 2.28. The molecule has 0 aromatic carbocycles. The number of carbonyl (C=O) groups excluding carboxylic acids is 1. The minimum atomic E-state index is -0.0647. The molecule has 1 aromatic heterocycles. The van der Waals surface area contributed by atoms with E-state index in [1.54, 1.807) is 0 Å². The van der Waals surface area contributed by atoms with Crippen molar-refractivity contribution in [3.8, 4) is 0 Å². The molecule has 0 radical (unpaired) electrons. The van der Waals surface area contributed by atoms with Crippen LogP contribution in [0.15, 0.2) is 12.3 Å². The van der Waals surface area contributed by atoms with Gasteiger partial charge in [-0.05, 0) is 19.9 Å². The van der Waals surface area contributed by atoms with Crippen LogP contribution in [0.5, 0.6) is 0 Å². The van der Waals surface area contributed by atoms with Crippen LogP contribution in [0.3, 0.4) is 0 Å². The van der Waals surface area contributed by atoms with Crippen LogP contribution in [0.2, 0.25) is 5.15 Å². The van der Waals surface area contributed by atoms with E-state index in [-0.39, 0.29) is 15.8 Å². The Balaban J connectivity index is 2.23. The zero-order valence-corrected chi connectivity index (χ0v) is 12.0. The highest BCUT2D eigenvalue weighted by Gasteiger charge is 2.30. The molecule has 2 heterocycles. The van der Waals surface area contributed by atoms with Crippen molar-refractivity contribution in [1.29, 1.82) is 0 Å². The Morgan fingerprint density at radius 1 is 1.61 bits per heavy atom. The van der Waals surface area contributed by atoms with Crippen LogP contribution < -0.4 is 5.73 Å². The molecule has 6 heteroatoms. The lowest BCUT2D eigenvalue weighted by Crippen LogP contribution is -2.46. The largest absolute Gasteiger partial charge is 0.397 e. The molecule has 0 unspecified atom stereocenters. The summed E-state index contributed by atoms with van der Waals surface area (Å²) in [6, 6.07) is 1.54. The quantitative estimate of drug-likeness (QED) is 0.804. The van der Waals surface area contributed by atoms with Crippen molar-refractivity contribution in [2.45, 2.75) is 18.6 Å². The van der Waals surface area contributed by atoms with Gasteiger partial charge in [-0.25, -0.2) is 4.98 Å². The fourth-order valence-electron chi connectivity index (χ4n) is 1.99. The number of aromatic nitrogens is 1. The number of thioether (sulfide) groups is 1. The molecule has 1 saturated heterocycles. The maximum absolute atomic E-state index is 12.4. The molecule has 1 aromatic rings. The third-order valence-electron chi connectivity index (χ3n) is 2.84. The van der Waals surface area contributed by atoms with Gasteiger partial charge in [0.1, 0.15) is 5.15 Å². The Bertz CT molecular complexity index is 478. The highest BCUT2D eigenvalue weighted by molar-refractivity contribution is 8.00. The Morgan fingerprint density at radius 3 is 3.00 bits per heavy atom. The van der Waals surface area contributed by atoms with Crippen LogP contribution in [0, 0.1) is 0 Å². The number of hydrogen-bond acceptors (Lipinski definition) is 4. The van der Waals surface area contributed by atoms with Crippen molar-refractivity contribution in [3.63, 3.8) is 0 Å². The van der Waals surface area contributed by atoms with E-state index in [1.807, 2.05) is 16.7 Å². The van der Waals surface area contributed by atoms with E-state index in [9.17, 15) is 4.79 Å². The second-order valence-electron chi connectivity index (χ2n) is 4.93. The van der Waals surface area contributed by atoms with Crippen molar-refractivity contribution in [3.05, 3.63) is 23.0 Å². The van der Waals surface area contributed by atoms with Crippen LogP contribution in [0.25, 0.3) is 0 Å². The highest BCUT2D eigenvalue weighted by Crippen LogP contribution is 2.30. The predicted molar refractivity (Wildman–Crippen MR) is 76.1 cm³/mol. The van der Waals surface area contributed by atoms with Gasteiger partial charge in [-0.3, -0.25) is 4.79 Å². The summed E-state index contributed by atoms with van der Waals surface area (Å²) < 4.78 is 0.0828. The average Bonchev–Trinajstić information content (AvgIpc) is 2.30. The van der Waals surface area contributed by atoms with Crippen LogP contribution in [-0.2, 0) is 0 Å². The van der Waals surface area contributed by atoms with Gasteiger partial charge in [0.2, 0.25) is 0 Å². The first kappa shape index (κ1) is 13.5. The smallest absolute Gasteiger partial charge is 0.256 e. The van der Waals surface area contributed by atoms with Crippen LogP contribution in [0.4, 0.5) is 5.69 Å². The summed E-state index contributed by atoms with van der Waals surface area (Å²) in [5, 5.41) is 0.290. The molecular formula is C12H16ClN3OS. The molecule has 2 N–H and O–H groups in total. The maximum Gasteiger partial charge on any atom is 0.256 e. The minimum Gasteiger partial charge on any atom is -0.397 e. The van der Waals surface area contributed by atoms with E-state index in [0.717, 1.165) is 18.8 Å². The van der Waals surface area contributed by atoms with E-state index >= 15 is 0 Å². The van der Waals surface area contributed by atoms with Crippen molar-refractivity contribution < 1.29 is 4.79 Å². The lowest BCUT2D eigenvalue weighted by atomic mass is 10.1. The topological polar surface area (TPSA) is 59.2 Å². The van der Waals surface area contributed by atoms with Crippen molar-refractivity contribution in [2.24, 2.45) is 0 Å². The van der Waals surface area contributed by atoms with E-state index in [4.69, 9.17) is 17.3 Å². The first-order valence-electron chi connectivity index (χ1n) is 5.73. The number of halogens is 1. The number of nitrogens with two attached hydrogens (primary N) is 1. The molecule has 0 spiro atoms. The Labute approximate surface area is 116 Å². The van der Waals surface area contributed by atoms with Crippen LogP contribution in [-0.4, -0.2) is 39.4 Å². The number of hydrogen-bond donors (Lipinski definition) is 1. The van der Waals surface area contributed by atoms with Gasteiger partial charge in [-0.1, -0.05) is 11.6 Å². The second-order valence-corrected chi connectivity index (χ2v) is 7.12. The fourth-order valence-corrected chi connectivity index (χ4v) is 3.26. The van der Waals surface area contributed by atoms with Crippen LogP contribution in [0.1, 0.15) is 24.2 Å². The van der Waals surface area contributed by atoms with Gasteiger partial charge < -0.3 is 10.6 Å². The second kappa shape index (κ2) is 4.97. The molecule has 0 saturated carbocycles. The lowest BCUT2D eigenvalue weighted by molar-refractivity contribution is 0.0749. The number of pyridine rings is 1. The molecule has 0 bridgehead atoms. The molecule has 0 aliphatic carbocycles. The number of nitrogen functional groups attached to an aromatic ring is 1. The summed E-state index contributed by atoms with van der Waals surface area (Å²) in [7, 11) is 0. The Kier molecular flexibility index (Phi) is 3.73. The Hall–Kier alpha value is -0.940. The molecule has 18 heavy (non-hydrogen) atoms. The zero-order chi connectivity index (χ0) is 13.3. The number of carbonyl (C=O) groups is 1. The number of nitrogens with zero attached hydrogens (tertiary/aromatic N) is 2. The van der Waals surface area contributed by atoms with Crippen molar-refractivity contribution in [2.75, 3.05) is 24.6 Å². The SMILES string of the molecule is CC1(C)CN(C(=O)c2cc(Cl)ncc2N)CCS1. The summed E-state index contributed by atoms with van der Waals surface area (Å²) in [6.07, 6.45) is 1.43. The third-order valence-corrected chi connectivity index (χ3v) is 4.35. The minimum absolute atomic E-state index is 0.0647. The molecule has 4 nitrogen and oxygen atoms in total. The third kappa shape index (κ3) is 2.90. The standard InChI is InChI=1S/C12H16ClN3OS/c1-12(2)7-16(3-4-18-12)11(17)8-5-10(13)15-6-9(8)14/h5-6H,3-4,7,14H2,1-2H3. The lowest BCUT2D eigenvalue weighted by Gasteiger charge is -2.37. The molecule has 98 valence electrons. The molecule has 1 aliphatic heterocycles. The van der Waals surface area contributed by atoms with Crippen LogP contribution >= 0.6 is 23.4 Å². The first-order valence-corrected chi connectivity index (χ1v) is 7.10. The molecular weight excluding hydrogens is 270 g/mol. The molecule has 0 atom stereocenters. The summed E-state index contributed by atoms with van der Waals surface area (Å²) in [5.41, 5.74) is 6.61. The van der Waals surface area contributed by atoms with E-state index in [0.29, 0.717) is 11.3 Å². The first-order chi connectivity index (χ1) is 8.39. The van der Waals surface area contributed by atoms with Crippen molar-refractivity contribution in [1.82, 2.24) is 9.88 Å². The molecule has 1 fully saturated rings. The normalized spacial score (nSPS) is 18.7. The summed E-state index contributed by atoms with van der Waals surface area (Å²) >= 11 is 7.69. The average molecular weight is 286 g/mol. The van der Waals surface area contributed by atoms with Gasteiger partial charge in [0.25, 0.3) is 5.91 Å². The number of anilines is 1. The monoisotopic (exact) mass is 285 g/mol. The Morgan fingerprint density at radius 2 is 2.33 bits per heavy atom. The zero-order valence-electron chi connectivity index (χ0n) is 10.4. The number of amides is 1. The molecule has 2 rings (SSSR count). The summed E-state index contributed by atoms with van der Waals surface area (Å²) in [5.74, 6) is 0.877. The van der Waals surface area contributed by atoms with E-state index < -0.39 is 0 Å².